The minimum absolute atomic E-state index is 0.0137. The number of benzene rings is 2. The Hall–Kier alpha value is -2.21. The van der Waals surface area contributed by atoms with Crippen LogP contribution in [0.1, 0.15) is 23.5 Å². The van der Waals surface area contributed by atoms with Gasteiger partial charge in [-0.15, -0.1) is 0 Å². The zero-order valence-corrected chi connectivity index (χ0v) is 14.5. The summed E-state index contributed by atoms with van der Waals surface area (Å²) in [6.07, 6.45) is 0.910. The Bertz CT molecular complexity index is 835. The number of hydrogen-bond donors (Lipinski definition) is 1. The average molecular weight is 361 g/mol. The lowest BCUT2D eigenvalue weighted by atomic mass is 9.91. The van der Waals surface area contributed by atoms with Gasteiger partial charge in [0.05, 0.1) is 17.4 Å². The summed E-state index contributed by atoms with van der Waals surface area (Å²) >= 11 is 0. The highest BCUT2D eigenvalue weighted by atomic mass is 32.2. The first kappa shape index (κ1) is 17.6. The fourth-order valence-corrected chi connectivity index (χ4v) is 4.79. The van der Waals surface area contributed by atoms with Gasteiger partial charge in [-0.1, -0.05) is 42.5 Å². The molecule has 2 unspecified atom stereocenters. The number of carbonyl (C=O) groups excluding carboxylic acids is 1. The van der Waals surface area contributed by atoms with Crippen LogP contribution in [-0.2, 0) is 21.1 Å². The van der Waals surface area contributed by atoms with E-state index in [1.807, 2.05) is 30.3 Å². The summed E-state index contributed by atoms with van der Waals surface area (Å²) in [7, 11) is -3.06. The van der Waals surface area contributed by atoms with Crippen molar-refractivity contribution in [3.63, 3.8) is 0 Å². The van der Waals surface area contributed by atoms with E-state index in [9.17, 15) is 17.6 Å². The normalized spacial score (nSPS) is 20.1. The van der Waals surface area contributed by atoms with E-state index < -0.39 is 15.8 Å². The number of rotatable bonds is 5. The molecular formula is C19H20FNO3S. The molecule has 2 aromatic rings. The fourth-order valence-electron chi connectivity index (χ4n) is 3.12. The van der Waals surface area contributed by atoms with E-state index in [-0.39, 0.29) is 29.3 Å². The Morgan fingerprint density at radius 2 is 1.80 bits per heavy atom. The van der Waals surface area contributed by atoms with Crippen LogP contribution in [0, 0.1) is 5.82 Å². The van der Waals surface area contributed by atoms with Crippen LogP contribution in [0.15, 0.2) is 54.6 Å². The number of carbonyl (C=O) groups is 1. The molecule has 0 spiro atoms. The van der Waals surface area contributed by atoms with E-state index in [2.05, 4.69) is 5.32 Å². The molecule has 132 valence electrons. The molecule has 0 radical (unpaired) electrons. The van der Waals surface area contributed by atoms with Gasteiger partial charge < -0.3 is 5.32 Å². The number of halogens is 1. The average Bonchev–Trinajstić information content (AvgIpc) is 2.93. The van der Waals surface area contributed by atoms with Crippen molar-refractivity contribution in [2.75, 3.05) is 11.5 Å². The number of amides is 1. The number of hydrogen-bond acceptors (Lipinski definition) is 3. The lowest BCUT2D eigenvalue weighted by Crippen LogP contribution is -2.39. The van der Waals surface area contributed by atoms with Crippen LogP contribution in [0.5, 0.6) is 0 Å². The van der Waals surface area contributed by atoms with Crippen LogP contribution >= 0.6 is 0 Å². The zero-order valence-electron chi connectivity index (χ0n) is 13.7. The molecular weight excluding hydrogens is 341 g/mol. The zero-order chi connectivity index (χ0) is 17.9. The van der Waals surface area contributed by atoms with Crippen molar-refractivity contribution >= 4 is 15.7 Å². The maximum Gasteiger partial charge on any atom is 0.228 e. The predicted octanol–water partition coefficient (Wildman–Crippen LogP) is 2.46. The summed E-state index contributed by atoms with van der Waals surface area (Å²) in [5.41, 5.74) is 1.70. The first-order valence-corrected chi connectivity index (χ1v) is 10.1. The smallest absolute Gasteiger partial charge is 0.228 e. The summed E-state index contributed by atoms with van der Waals surface area (Å²) in [5, 5.41) is 2.86. The van der Waals surface area contributed by atoms with Crippen molar-refractivity contribution in [2.45, 2.75) is 24.8 Å². The third-order valence-corrected chi connectivity index (χ3v) is 6.22. The van der Waals surface area contributed by atoms with Gasteiger partial charge in [-0.05, 0) is 36.1 Å². The number of nitrogens with one attached hydrogen (secondary N) is 1. The van der Waals surface area contributed by atoms with Gasteiger partial charge in [0, 0.05) is 6.04 Å². The first-order chi connectivity index (χ1) is 11.9. The van der Waals surface area contributed by atoms with Gasteiger partial charge in [-0.3, -0.25) is 4.79 Å². The van der Waals surface area contributed by atoms with Gasteiger partial charge >= 0.3 is 0 Å². The molecule has 0 saturated carbocycles. The molecule has 1 amide bonds. The molecule has 1 saturated heterocycles. The summed E-state index contributed by atoms with van der Waals surface area (Å²) in [5.74, 6) is -0.980. The SMILES string of the molecule is O=C(NC1CCS(=O)(=O)C1)C(Cc1ccccc1)c1ccc(F)cc1. The minimum Gasteiger partial charge on any atom is -0.352 e. The fraction of sp³-hybridized carbons (Fsp3) is 0.316. The van der Waals surface area contributed by atoms with Crippen molar-refractivity contribution in [3.8, 4) is 0 Å². The Kier molecular flexibility index (Phi) is 5.18. The molecule has 0 aliphatic carbocycles. The van der Waals surface area contributed by atoms with Crippen molar-refractivity contribution < 1.29 is 17.6 Å². The van der Waals surface area contributed by atoms with Crippen molar-refractivity contribution in [1.82, 2.24) is 5.32 Å². The maximum atomic E-state index is 13.2. The van der Waals surface area contributed by atoms with Crippen LogP contribution in [0.3, 0.4) is 0 Å². The van der Waals surface area contributed by atoms with E-state index in [1.165, 1.54) is 12.1 Å². The molecule has 2 aromatic carbocycles. The second-order valence-electron chi connectivity index (χ2n) is 6.40. The lowest BCUT2D eigenvalue weighted by Gasteiger charge is -2.20. The molecule has 1 aliphatic heterocycles. The van der Waals surface area contributed by atoms with Crippen LogP contribution in [0.2, 0.25) is 0 Å². The molecule has 25 heavy (non-hydrogen) atoms. The van der Waals surface area contributed by atoms with E-state index in [0.29, 0.717) is 18.4 Å². The largest absolute Gasteiger partial charge is 0.352 e. The Labute approximate surface area is 147 Å². The highest BCUT2D eigenvalue weighted by Gasteiger charge is 2.31. The molecule has 0 bridgehead atoms. The molecule has 1 heterocycles. The molecule has 2 atom stereocenters. The van der Waals surface area contributed by atoms with Crippen molar-refractivity contribution in [1.29, 1.82) is 0 Å². The van der Waals surface area contributed by atoms with Crippen LogP contribution in [0.25, 0.3) is 0 Å². The second kappa shape index (κ2) is 7.35. The van der Waals surface area contributed by atoms with Crippen LogP contribution in [0.4, 0.5) is 4.39 Å². The topological polar surface area (TPSA) is 63.2 Å². The van der Waals surface area contributed by atoms with Crippen molar-refractivity contribution in [3.05, 3.63) is 71.5 Å². The second-order valence-corrected chi connectivity index (χ2v) is 8.63. The third kappa shape index (κ3) is 4.66. The van der Waals surface area contributed by atoms with Crippen LogP contribution < -0.4 is 5.32 Å². The summed E-state index contributed by atoms with van der Waals surface area (Å²) in [4.78, 5) is 12.8. The molecule has 6 heteroatoms. The molecule has 3 rings (SSSR count). The summed E-state index contributed by atoms with van der Waals surface area (Å²) in [6, 6.07) is 15.1. The number of sulfone groups is 1. The van der Waals surface area contributed by atoms with E-state index >= 15 is 0 Å². The monoisotopic (exact) mass is 361 g/mol. The maximum absolute atomic E-state index is 13.2. The van der Waals surface area contributed by atoms with Gasteiger partial charge in [-0.25, -0.2) is 12.8 Å². The minimum atomic E-state index is -3.06. The quantitative estimate of drug-likeness (QED) is 0.890. The van der Waals surface area contributed by atoms with E-state index in [1.54, 1.807) is 12.1 Å². The standard InChI is InChI=1S/C19H20FNO3S/c20-16-8-6-15(7-9-16)18(12-14-4-2-1-3-5-14)19(22)21-17-10-11-25(23,24)13-17/h1-9,17-18H,10-13H2,(H,21,22). The predicted molar refractivity (Wildman–Crippen MR) is 94.5 cm³/mol. The summed E-state index contributed by atoms with van der Waals surface area (Å²) < 4.78 is 36.4. The molecule has 1 N–H and O–H groups in total. The molecule has 1 aliphatic rings. The van der Waals surface area contributed by atoms with Gasteiger partial charge in [-0.2, -0.15) is 0 Å². The van der Waals surface area contributed by atoms with Gasteiger partial charge in [0.15, 0.2) is 9.84 Å². The Morgan fingerprint density at radius 3 is 2.40 bits per heavy atom. The molecule has 1 fully saturated rings. The highest BCUT2D eigenvalue weighted by Crippen LogP contribution is 2.23. The Balaban J connectivity index is 1.80. The first-order valence-electron chi connectivity index (χ1n) is 8.23. The van der Waals surface area contributed by atoms with Crippen LogP contribution in [-0.4, -0.2) is 31.9 Å². The Morgan fingerprint density at radius 1 is 1.12 bits per heavy atom. The van der Waals surface area contributed by atoms with E-state index in [4.69, 9.17) is 0 Å². The van der Waals surface area contributed by atoms with E-state index in [0.717, 1.165) is 5.56 Å². The third-order valence-electron chi connectivity index (χ3n) is 4.45. The molecule has 4 nitrogen and oxygen atoms in total. The molecule has 0 aromatic heterocycles. The summed E-state index contributed by atoms with van der Waals surface area (Å²) in [6.45, 7) is 0. The highest BCUT2D eigenvalue weighted by molar-refractivity contribution is 7.91. The van der Waals surface area contributed by atoms with Gasteiger partial charge in [0.25, 0.3) is 0 Å². The lowest BCUT2D eigenvalue weighted by molar-refractivity contribution is -0.123. The van der Waals surface area contributed by atoms with Gasteiger partial charge in [0.2, 0.25) is 5.91 Å². The van der Waals surface area contributed by atoms with Gasteiger partial charge in [0.1, 0.15) is 5.82 Å². The van der Waals surface area contributed by atoms with Crippen molar-refractivity contribution in [2.24, 2.45) is 0 Å².